The monoisotopic (exact) mass is 635 g/mol. The molecule has 0 amide bonds. The van der Waals surface area contributed by atoms with Gasteiger partial charge in [0.05, 0.1) is 18.3 Å². The summed E-state index contributed by atoms with van der Waals surface area (Å²) < 4.78 is 24.4. The van der Waals surface area contributed by atoms with Gasteiger partial charge >= 0.3 is 17.6 Å². The van der Waals surface area contributed by atoms with Crippen LogP contribution in [0.5, 0.6) is 5.75 Å². The Morgan fingerprint density at radius 2 is 1.89 bits per heavy atom. The number of aromatic nitrogens is 1. The number of benzene rings is 1. The number of nitrogens with zero attached hydrogens (tertiary/aromatic N) is 1. The minimum absolute atomic E-state index is 0.0371. The fourth-order valence-corrected chi connectivity index (χ4v) is 8.61. The zero-order chi connectivity index (χ0) is 32.3. The smallest absolute Gasteiger partial charge is 0.345 e. The molecule has 3 aromatic rings. The van der Waals surface area contributed by atoms with Gasteiger partial charge in [-0.1, -0.05) is 32.4 Å². The lowest BCUT2D eigenvalue weighted by Crippen LogP contribution is -2.70. The lowest BCUT2D eigenvalue weighted by atomic mass is 9.41. The highest BCUT2D eigenvalue weighted by atomic mass is 35.5. The SMILES string of the molecule is CC(=O)OC[C@@]1(C)C2C[C@H](OC(=O)c3ccc(Cl)cc3)[C@@]3(C)Oc4cc(-c5cccnc5)oc(=O)c4[C@H](O)C3[C@@]2(C)CC[C@@H]1C. The van der Waals surface area contributed by atoms with E-state index in [-0.39, 0.29) is 41.5 Å². The van der Waals surface area contributed by atoms with Crippen LogP contribution in [0, 0.1) is 28.6 Å². The van der Waals surface area contributed by atoms with Crippen molar-refractivity contribution in [1.82, 2.24) is 4.98 Å². The number of ether oxygens (including phenoxy) is 3. The topological polar surface area (TPSA) is 125 Å². The molecule has 3 heterocycles. The van der Waals surface area contributed by atoms with Crippen molar-refractivity contribution in [2.45, 2.75) is 71.7 Å². The van der Waals surface area contributed by atoms with Crippen LogP contribution in [0.3, 0.4) is 0 Å². The number of esters is 2. The first-order valence-electron chi connectivity index (χ1n) is 15.3. The quantitative estimate of drug-likeness (QED) is 0.317. The number of aliphatic hydroxyl groups is 1. The molecule has 0 radical (unpaired) electrons. The number of carbonyl (C=O) groups excluding carboxylic acids is 2. The average Bonchev–Trinajstić information content (AvgIpc) is 2.99. The van der Waals surface area contributed by atoms with Gasteiger partial charge in [0.15, 0.2) is 0 Å². The van der Waals surface area contributed by atoms with Gasteiger partial charge in [-0.3, -0.25) is 9.78 Å². The summed E-state index contributed by atoms with van der Waals surface area (Å²) in [5, 5.41) is 12.7. The molecule has 6 rings (SSSR count). The molecule has 2 aromatic heterocycles. The van der Waals surface area contributed by atoms with Crippen LogP contribution in [0.15, 0.2) is 64.1 Å². The summed E-state index contributed by atoms with van der Waals surface area (Å²) in [7, 11) is 0. The largest absolute Gasteiger partial charge is 0.482 e. The van der Waals surface area contributed by atoms with Crippen molar-refractivity contribution in [2.75, 3.05) is 6.61 Å². The fraction of sp³-hybridized carbons (Fsp3) is 0.486. The van der Waals surface area contributed by atoms with Crippen LogP contribution in [-0.4, -0.2) is 40.3 Å². The maximum absolute atomic E-state index is 13.6. The molecule has 0 spiro atoms. The molecule has 1 aromatic carbocycles. The lowest BCUT2D eigenvalue weighted by Gasteiger charge is -2.66. The maximum atomic E-state index is 13.6. The molecule has 2 saturated carbocycles. The van der Waals surface area contributed by atoms with E-state index < -0.39 is 46.2 Å². The zero-order valence-corrected chi connectivity index (χ0v) is 26.8. The van der Waals surface area contributed by atoms with E-state index in [0.29, 0.717) is 22.6 Å². The van der Waals surface area contributed by atoms with E-state index in [0.717, 1.165) is 12.8 Å². The van der Waals surface area contributed by atoms with Crippen LogP contribution < -0.4 is 10.4 Å². The Bertz CT molecular complexity index is 1680. The number of carbonyl (C=O) groups is 2. The molecule has 1 aliphatic heterocycles. The van der Waals surface area contributed by atoms with Crippen molar-refractivity contribution in [3.8, 4) is 17.1 Å². The molecule has 2 aliphatic carbocycles. The van der Waals surface area contributed by atoms with Crippen molar-refractivity contribution in [3.05, 3.63) is 81.4 Å². The van der Waals surface area contributed by atoms with Gasteiger partial charge < -0.3 is 23.7 Å². The number of halogens is 1. The van der Waals surface area contributed by atoms with E-state index >= 15 is 0 Å². The van der Waals surface area contributed by atoms with Crippen molar-refractivity contribution in [2.24, 2.45) is 28.6 Å². The van der Waals surface area contributed by atoms with Gasteiger partial charge in [0.2, 0.25) is 0 Å². The molecule has 238 valence electrons. The zero-order valence-electron chi connectivity index (χ0n) is 26.0. The second kappa shape index (κ2) is 11.3. The van der Waals surface area contributed by atoms with Crippen molar-refractivity contribution in [1.29, 1.82) is 0 Å². The second-order valence-corrected chi connectivity index (χ2v) is 14.0. The first kappa shape index (κ1) is 31.3. The molecular weight excluding hydrogens is 598 g/mol. The Kier molecular flexibility index (Phi) is 7.85. The van der Waals surface area contributed by atoms with Crippen LogP contribution in [0.4, 0.5) is 0 Å². The summed E-state index contributed by atoms with van der Waals surface area (Å²) in [6.45, 7) is 9.77. The van der Waals surface area contributed by atoms with Crippen LogP contribution in [0.1, 0.15) is 75.9 Å². The maximum Gasteiger partial charge on any atom is 0.345 e. The lowest BCUT2D eigenvalue weighted by molar-refractivity contribution is -0.257. The third-order valence-corrected chi connectivity index (χ3v) is 11.3. The van der Waals surface area contributed by atoms with Crippen molar-refractivity contribution < 1.29 is 33.3 Å². The first-order valence-corrected chi connectivity index (χ1v) is 15.7. The molecule has 8 atom stereocenters. The van der Waals surface area contributed by atoms with Gasteiger partial charge in [-0.2, -0.15) is 0 Å². The van der Waals surface area contributed by atoms with Crippen LogP contribution in [0.25, 0.3) is 11.3 Å². The van der Waals surface area contributed by atoms with Crippen molar-refractivity contribution >= 4 is 23.5 Å². The molecular formula is C35H38ClNO8. The normalized spacial score (nSPS) is 33.5. The molecule has 2 unspecified atom stereocenters. The number of hydrogen-bond acceptors (Lipinski definition) is 9. The Morgan fingerprint density at radius 3 is 2.56 bits per heavy atom. The van der Waals surface area contributed by atoms with E-state index in [4.69, 9.17) is 30.2 Å². The van der Waals surface area contributed by atoms with Crippen molar-refractivity contribution in [3.63, 3.8) is 0 Å². The standard InChI is InChI=1S/C35H38ClNO8/c1-19-12-13-33(3)26(34(19,4)18-42-20(2)38)16-27(44-31(40)21-8-10-23(36)11-9-21)35(5)30(33)29(39)28-25(45-35)15-24(43-32(28)41)22-7-6-14-37-17-22/h6-11,14-15,17,19,26-27,29-30,39H,12-13,16,18H2,1-5H3/t19-,26?,27-,29-,30?,33-,34+,35+/m0/s1. The highest BCUT2D eigenvalue weighted by Gasteiger charge is 2.70. The van der Waals surface area contributed by atoms with E-state index in [1.54, 1.807) is 54.9 Å². The molecule has 1 N–H and O–H groups in total. The third kappa shape index (κ3) is 5.14. The van der Waals surface area contributed by atoms with Crippen LogP contribution in [-0.2, 0) is 14.3 Å². The Hall–Kier alpha value is -3.69. The van der Waals surface area contributed by atoms with E-state index in [2.05, 4.69) is 25.8 Å². The molecule has 2 fully saturated rings. The third-order valence-electron chi connectivity index (χ3n) is 11.0. The summed E-state index contributed by atoms with van der Waals surface area (Å²) in [6, 6.07) is 11.5. The first-order chi connectivity index (χ1) is 21.3. The van der Waals surface area contributed by atoms with Gasteiger partial charge in [0, 0.05) is 47.3 Å². The molecule has 0 bridgehead atoms. The number of pyridine rings is 1. The van der Waals surface area contributed by atoms with Gasteiger partial charge in [0.1, 0.15) is 28.8 Å². The predicted molar refractivity (Wildman–Crippen MR) is 166 cm³/mol. The Balaban J connectivity index is 1.49. The summed E-state index contributed by atoms with van der Waals surface area (Å²) >= 11 is 6.07. The number of aliphatic hydroxyl groups excluding tert-OH is 1. The van der Waals surface area contributed by atoms with E-state index in [9.17, 15) is 19.5 Å². The minimum atomic E-state index is -1.28. The molecule has 3 aliphatic rings. The minimum Gasteiger partial charge on any atom is -0.482 e. The molecule has 10 heteroatoms. The number of fused-ring (bicyclic) bond motifs is 4. The predicted octanol–water partition coefficient (Wildman–Crippen LogP) is 6.41. The van der Waals surface area contributed by atoms with Crippen LogP contribution >= 0.6 is 11.6 Å². The second-order valence-electron chi connectivity index (χ2n) is 13.5. The van der Waals surface area contributed by atoms with E-state index in [1.807, 2.05) is 6.92 Å². The summed E-state index contributed by atoms with van der Waals surface area (Å²) in [4.78, 5) is 43.3. The summed E-state index contributed by atoms with van der Waals surface area (Å²) in [5.74, 6) is -1.19. The highest BCUT2D eigenvalue weighted by molar-refractivity contribution is 6.30. The van der Waals surface area contributed by atoms with Crippen LogP contribution in [0.2, 0.25) is 5.02 Å². The van der Waals surface area contributed by atoms with Gasteiger partial charge in [0.25, 0.3) is 0 Å². The fourth-order valence-electron chi connectivity index (χ4n) is 8.48. The number of hydrogen-bond donors (Lipinski definition) is 1. The Labute approximate surface area is 266 Å². The van der Waals surface area contributed by atoms with Gasteiger partial charge in [-0.25, -0.2) is 9.59 Å². The Morgan fingerprint density at radius 1 is 1.16 bits per heavy atom. The molecule has 45 heavy (non-hydrogen) atoms. The summed E-state index contributed by atoms with van der Waals surface area (Å²) in [6.07, 6.45) is 3.00. The van der Waals surface area contributed by atoms with Gasteiger partial charge in [-0.05, 0) is 79.8 Å². The molecule has 9 nitrogen and oxygen atoms in total. The number of rotatable bonds is 5. The average molecular weight is 636 g/mol. The highest BCUT2D eigenvalue weighted by Crippen LogP contribution is 2.68. The molecule has 0 saturated heterocycles. The summed E-state index contributed by atoms with van der Waals surface area (Å²) in [5.41, 5.74) is -2.10. The van der Waals surface area contributed by atoms with Gasteiger partial charge in [-0.15, -0.1) is 0 Å². The van der Waals surface area contributed by atoms with E-state index in [1.165, 1.54) is 6.92 Å².